The molecule has 1 rings (SSSR count). The number of carbonyl (C=O) groups is 2. The van der Waals surface area contributed by atoms with Gasteiger partial charge in [-0.05, 0) is 16.9 Å². The molecule has 0 aromatic heterocycles. The van der Waals surface area contributed by atoms with Crippen LogP contribution in [0, 0.1) is 11.3 Å². The van der Waals surface area contributed by atoms with Gasteiger partial charge in [-0.3, -0.25) is 4.79 Å². The van der Waals surface area contributed by atoms with E-state index >= 15 is 0 Å². The van der Waals surface area contributed by atoms with Gasteiger partial charge in [-0.25, -0.2) is 4.79 Å². The monoisotopic (exact) mass is 277 g/mol. The number of carboxylic acid groups (broad SMARTS) is 1. The lowest BCUT2D eigenvalue weighted by atomic mass is 9.80. The zero-order valence-corrected chi connectivity index (χ0v) is 12.5. The number of aliphatic carboxylic acids is 1. The maximum absolute atomic E-state index is 12.0. The van der Waals surface area contributed by atoms with Crippen LogP contribution in [-0.4, -0.2) is 17.0 Å². The number of hydrogen-bond donors (Lipinski definition) is 2. The predicted octanol–water partition coefficient (Wildman–Crippen LogP) is 3.00. The molecule has 0 aliphatic carbocycles. The molecule has 2 atom stereocenters. The Labute approximate surface area is 120 Å². The normalized spacial score (nSPS) is 14.4. The van der Waals surface area contributed by atoms with Gasteiger partial charge in [0.2, 0.25) is 5.91 Å². The minimum absolute atomic E-state index is 0.0167. The Kier molecular flexibility index (Phi) is 5.31. The van der Waals surface area contributed by atoms with Gasteiger partial charge < -0.3 is 10.4 Å². The Morgan fingerprint density at radius 3 is 2.20 bits per heavy atom. The fourth-order valence-electron chi connectivity index (χ4n) is 1.74. The van der Waals surface area contributed by atoms with Crippen molar-refractivity contribution in [2.45, 2.75) is 40.2 Å². The zero-order valence-electron chi connectivity index (χ0n) is 12.5. The number of hydrogen-bond acceptors (Lipinski definition) is 2. The van der Waals surface area contributed by atoms with E-state index in [-0.39, 0.29) is 17.2 Å². The summed E-state index contributed by atoms with van der Waals surface area (Å²) in [4.78, 5) is 23.3. The molecule has 2 N–H and O–H groups in total. The number of carbonyl (C=O) groups excluding carboxylic acids is 1. The van der Waals surface area contributed by atoms with Gasteiger partial charge in [0.05, 0.1) is 0 Å². The molecule has 1 aromatic rings. The Morgan fingerprint density at radius 1 is 1.20 bits per heavy atom. The van der Waals surface area contributed by atoms with Crippen LogP contribution in [0.25, 0.3) is 0 Å². The van der Waals surface area contributed by atoms with Crippen molar-refractivity contribution in [3.63, 3.8) is 0 Å². The summed E-state index contributed by atoms with van der Waals surface area (Å²) in [6.45, 7) is 8.20. The summed E-state index contributed by atoms with van der Waals surface area (Å²) in [6.07, 6.45) is 0.320. The highest BCUT2D eigenvalue weighted by molar-refractivity contribution is 5.84. The smallest absolute Gasteiger partial charge is 0.330 e. The van der Waals surface area contributed by atoms with Crippen molar-refractivity contribution in [1.82, 2.24) is 5.32 Å². The van der Waals surface area contributed by atoms with E-state index in [2.05, 4.69) is 26.1 Å². The molecular weight excluding hydrogens is 254 g/mol. The lowest BCUT2D eigenvalue weighted by Gasteiger charge is -2.27. The van der Waals surface area contributed by atoms with Crippen LogP contribution in [0.3, 0.4) is 0 Å². The van der Waals surface area contributed by atoms with Crippen molar-refractivity contribution in [3.8, 4) is 0 Å². The summed E-state index contributed by atoms with van der Waals surface area (Å²) in [7, 11) is 0. The van der Waals surface area contributed by atoms with Gasteiger partial charge in [-0.1, -0.05) is 58.0 Å². The van der Waals surface area contributed by atoms with E-state index in [1.165, 1.54) is 0 Å². The number of amides is 1. The first-order valence-electron chi connectivity index (χ1n) is 6.79. The van der Waals surface area contributed by atoms with Crippen molar-refractivity contribution in [3.05, 3.63) is 35.9 Å². The standard InChI is InChI=1S/C16H23NO3/c1-11(16(2,3)4)10-13(18)17-14(15(19)20)12-8-6-5-7-9-12/h5-9,11,14H,10H2,1-4H3,(H,17,18)(H,19,20). The fourth-order valence-corrected chi connectivity index (χ4v) is 1.74. The third-order valence-corrected chi connectivity index (χ3v) is 3.66. The molecule has 0 heterocycles. The van der Waals surface area contributed by atoms with Gasteiger partial charge in [0, 0.05) is 6.42 Å². The first-order chi connectivity index (χ1) is 9.21. The van der Waals surface area contributed by atoms with Gasteiger partial charge in [-0.2, -0.15) is 0 Å². The zero-order chi connectivity index (χ0) is 15.3. The van der Waals surface area contributed by atoms with E-state index in [1.54, 1.807) is 24.3 Å². The molecule has 0 saturated carbocycles. The molecule has 20 heavy (non-hydrogen) atoms. The highest BCUT2D eigenvalue weighted by Gasteiger charge is 2.26. The van der Waals surface area contributed by atoms with Crippen LogP contribution in [-0.2, 0) is 9.59 Å². The van der Waals surface area contributed by atoms with Crippen LogP contribution in [0.2, 0.25) is 0 Å². The summed E-state index contributed by atoms with van der Waals surface area (Å²) in [5.41, 5.74) is 0.597. The van der Waals surface area contributed by atoms with Gasteiger partial charge >= 0.3 is 5.97 Å². The molecule has 0 fully saturated rings. The van der Waals surface area contributed by atoms with E-state index in [0.717, 1.165) is 0 Å². The number of nitrogens with one attached hydrogen (secondary N) is 1. The third-order valence-electron chi connectivity index (χ3n) is 3.66. The van der Waals surface area contributed by atoms with Crippen LogP contribution in [0.15, 0.2) is 30.3 Å². The van der Waals surface area contributed by atoms with Crippen molar-refractivity contribution in [2.75, 3.05) is 0 Å². The van der Waals surface area contributed by atoms with Crippen molar-refractivity contribution in [1.29, 1.82) is 0 Å². The molecule has 1 aromatic carbocycles. The summed E-state index contributed by atoms with van der Waals surface area (Å²) in [5, 5.41) is 11.9. The highest BCUT2D eigenvalue weighted by atomic mass is 16.4. The maximum Gasteiger partial charge on any atom is 0.330 e. The van der Waals surface area contributed by atoms with Gasteiger partial charge in [0.1, 0.15) is 0 Å². The molecule has 0 aliphatic rings. The minimum Gasteiger partial charge on any atom is -0.479 e. The molecule has 2 unspecified atom stereocenters. The van der Waals surface area contributed by atoms with Gasteiger partial charge in [0.25, 0.3) is 0 Å². The van der Waals surface area contributed by atoms with Crippen LogP contribution in [0.1, 0.15) is 45.7 Å². The molecule has 0 spiro atoms. The van der Waals surface area contributed by atoms with Crippen molar-refractivity contribution < 1.29 is 14.7 Å². The molecule has 110 valence electrons. The van der Waals surface area contributed by atoms with Gasteiger partial charge in [0.15, 0.2) is 6.04 Å². The van der Waals surface area contributed by atoms with E-state index in [0.29, 0.717) is 12.0 Å². The summed E-state index contributed by atoms with van der Waals surface area (Å²) < 4.78 is 0. The lowest BCUT2D eigenvalue weighted by Crippen LogP contribution is -2.35. The largest absolute Gasteiger partial charge is 0.479 e. The topological polar surface area (TPSA) is 66.4 Å². The second-order valence-corrected chi connectivity index (χ2v) is 6.22. The Morgan fingerprint density at radius 2 is 1.75 bits per heavy atom. The minimum atomic E-state index is -1.05. The molecule has 4 heteroatoms. The van der Waals surface area contributed by atoms with Crippen LogP contribution >= 0.6 is 0 Å². The molecule has 0 aliphatic heterocycles. The Hall–Kier alpha value is -1.84. The van der Waals surface area contributed by atoms with E-state index in [1.807, 2.05) is 13.0 Å². The van der Waals surface area contributed by atoms with E-state index in [9.17, 15) is 14.7 Å². The number of benzene rings is 1. The van der Waals surface area contributed by atoms with Crippen LogP contribution in [0.4, 0.5) is 0 Å². The molecule has 0 bridgehead atoms. The average molecular weight is 277 g/mol. The first-order valence-corrected chi connectivity index (χ1v) is 6.79. The molecule has 0 radical (unpaired) electrons. The second kappa shape index (κ2) is 6.55. The third kappa shape index (κ3) is 4.68. The van der Waals surface area contributed by atoms with E-state index in [4.69, 9.17) is 0 Å². The maximum atomic E-state index is 12.0. The average Bonchev–Trinajstić information content (AvgIpc) is 2.35. The Balaban J connectivity index is 2.73. The van der Waals surface area contributed by atoms with Crippen molar-refractivity contribution in [2.24, 2.45) is 11.3 Å². The number of carboxylic acids is 1. The van der Waals surface area contributed by atoms with Gasteiger partial charge in [-0.15, -0.1) is 0 Å². The summed E-state index contributed by atoms with van der Waals surface area (Å²) >= 11 is 0. The second-order valence-electron chi connectivity index (χ2n) is 6.22. The lowest BCUT2D eigenvalue weighted by molar-refractivity contribution is -0.142. The number of rotatable bonds is 5. The first kappa shape index (κ1) is 16.2. The SMILES string of the molecule is CC(CC(=O)NC(C(=O)O)c1ccccc1)C(C)(C)C. The molecule has 4 nitrogen and oxygen atoms in total. The van der Waals surface area contributed by atoms with Crippen molar-refractivity contribution >= 4 is 11.9 Å². The van der Waals surface area contributed by atoms with Crippen LogP contribution in [0.5, 0.6) is 0 Å². The molecular formula is C16H23NO3. The summed E-state index contributed by atoms with van der Waals surface area (Å²) in [6, 6.07) is 7.74. The van der Waals surface area contributed by atoms with E-state index < -0.39 is 12.0 Å². The predicted molar refractivity (Wildman–Crippen MR) is 78.2 cm³/mol. The molecule has 0 saturated heterocycles. The Bertz CT molecular complexity index is 462. The van der Waals surface area contributed by atoms with Crippen LogP contribution < -0.4 is 5.32 Å². The molecule has 1 amide bonds. The fraction of sp³-hybridized carbons (Fsp3) is 0.500. The highest BCUT2D eigenvalue weighted by Crippen LogP contribution is 2.28. The summed E-state index contributed by atoms with van der Waals surface area (Å²) in [5.74, 6) is -1.11. The quantitative estimate of drug-likeness (QED) is 0.869.